The predicted molar refractivity (Wildman–Crippen MR) is 94.0 cm³/mol. The van der Waals surface area contributed by atoms with E-state index in [1.165, 1.54) is 10.5 Å². The maximum absolute atomic E-state index is 12.4. The SMILES string of the molecule is C[C@H](NC(=O)c1ccc(C[NH+]2CCOCC2)cc1)c1ccccc1. The number of hydrogen-bond donors (Lipinski definition) is 2. The maximum Gasteiger partial charge on any atom is 0.251 e. The number of benzene rings is 2. The van der Waals surface area contributed by atoms with Crippen LogP contribution in [-0.2, 0) is 11.3 Å². The number of carbonyl (C=O) groups is 1. The Kier molecular flexibility index (Phi) is 5.62. The molecule has 2 aromatic rings. The molecule has 1 aliphatic heterocycles. The molecule has 2 N–H and O–H groups in total. The number of ether oxygens (including phenoxy) is 1. The Balaban J connectivity index is 1.57. The molecule has 1 saturated heterocycles. The molecule has 0 bridgehead atoms. The minimum Gasteiger partial charge on any atom is -0.370 e. The number of carbonyl (C=O) groups excluding carboxylic acids is 1. The number of hydrogen-bond acceptors (Lipinski definition) is 2. The van der Waals surface area contributed by atoms with Crippen molar-refractivity contribution >= 4 is 5.91 Å². The molecular formula is C20H25N2O2+. The topological polar surface area (TPSA) is 42.8 Å². The Bertz CT molecular complexity index is 649. The standard InChI is InChI=1S/C20H24N2O2/c1-16(18-5-3-2-4-6-18)21-20(23)19-9-7-17(8-10-19)15-22-11-13-24-14-12-22/h2-10,16H,11-15H2,1H3,(H,21,23)/p+1/t16-/m0/s1. The third-order valence-electron chi connectivity index (χ3n) is 4.52. The smallest absolute Gasteiger partial charge is 0.251 e. The Morgan fingerprint density at radius 3 is 2.42 bits per heavy atom. The van der Waals surface area contributed by atoms with E-state index in [0.29, 0.717) is 5.56 Å². The van der Waals surface area contributed by atoms with Gasteiger partial charge in [-0.25, -0.2) is 0 Å². The lowest BCUT2D eigenvalue weighted by molar-refractivity contribution is -0.921. The minimum atomic E-state index is -0.0309. The van der Waals surface area contributed by atoms with E-state index in [0.717, 1.165) is 38.4 Å². The van der Waals surface area contributed by atoms with Crippen molar-refractivity contribution < 1.29 is 14.4 Å². The fourth-order valence-electron chi connectivity index (χ4n) is 3.00. The van der Waals surface area contributed by atoms with E-state index in [1.807, 2.05) is 49.4 Å². The monoisotopic (exact) mass is 325 g/mol. The van der Waals surface area contributed by atoms with Crippen molar-refractivity contribution in [1.29, 1.82) is 0 Å². The molecule has 24 heavy (non-hydrogen) atoms. The average molecular weight is 325 g/mol. The zero-order valence-corrected chi connectivity index (χ0v) is 14.1. The van der Waals surface area contributed by atoms with E-state index in [2.05, 4.69) is 17.4 Å². The fourth-order valence-corrected chi connectivity index (χ4v) is 3.00. The highest BCUT2D eigenvalue weighted by atomic mass is 16.5. The molecule has 126 valence electrons. The van der Waals surface area contributed by atoms with Gasteiger partial charge in [-0.15, -0.1) is 0 Å². The van der Waals surface area contributed by atoms with Crippen molar-refractivity contribution in [3.05, 3.63) is 71.3 Å². The van der Waals surface area contributed by atoms with Crippen molar-refractivity contribution in [2.75, 3.05) is 26.3 Å². The van der Waals surface area contributed by atoms with Crippen molar-refractivity contribution in [2.24, 2.45) is 0 Å². The second-order valence-electron chi connectivity index (χ2n) is 6.34. The van der Waals surface area contributed by atoms with Gasteiger partial charge >= 0.3 is 0 Å². The van der Waals surface area contributed by atoms with Gasteiger partial charge in [-0.3, -0.25) is 4.79 Å². The van der Waals surface area contributed by atoms with E-state index in [-0.39, 0.29) is 11.9 Å². The molecule has 0 aromatic heterocycles. The molecule has 4 nitrogen and oxygen atoms in total. The van der Waals surface area contributed by atoms with Crippen LogP contribution >= 0.6 is 0 Å². The van der Waals surface area contributed by atoms with Crippen molar-refractivity contribution in [1.82, 2.24) is 5.32 Å². The predicted octanol–water partition coefficient (Wildman–Crippen LogP) is 1.59. The highest BCUT2D eigenvalue weighted by molar-refractivity contribution is 5.94. The van der Waals surface area contributed by atoms with Gasteiger partial charge in [-0.1, -0.05) is 42.5 Å². The van der Waals surface area contributed by atoms with E-state index in [4.69, 9.17) is 4.74 Å². The first-order valence-corrected chi connectivity index (χ1v) is 8.58. The van der Waals surface area contributed by atoms with Crippen LogP contribution in [0, 0.1) is 0 Å². The molecular weight excluding hydrogens is 300 g/mol. The van der Waals surface area contributed by atoms with E-state index in [9.17, 15) is 4.79 Å². The molecule has 0 saturated carbocycles. The number of quaternary nitrogens is 1. The first kappa shape index (κ1) is 16.7. The highest BCUT2D eigenvalue weighted by Crippen LogP contribution is 2.12. The third-order valence-corrected chi connectivity index (χ3v) is 4.52. The van der Waals surface area contributed by atoms with Gasteiger partial charge in [0.05, 0.1) is 19.3 Å². The van der Waals surface area contributed by atoms with Gasteiger partial charge in [0.15, 0.2) is 0 Å². The van der Waals surface area contributed by atoms with E-state index >= 15 is 0 Å². The third kappa shape index (κ3) is 4.43. The van der Waals surface area contributed by atoms with Crippen LogP contribution in [-0.4, -0.2) is 32.2 Å². The van der Waals surface area contributed by atoms with E-state index < -0.39 is 0 Å². The quantitative estimate of drug-likeness (QED) is 0.877. The molecule has 0 unspecified atom stereocenters. The Hall–Kier alpha value is -2.17. The molecule has 1 amide bonds. The second kappa shape index (κ2) is 8.08. The lowest BCUT2D eigenvalue weighted by Gasteiger charge is -2.23. The molecule has 3 rings (SSSR count). The number of amides is 1. The lowest BCUT2D eigenvalue weighted by atomic mass is 10.1. The average Bonchev–Trinajstić information content (AvgIpc) is 2.64. The second-order valence-corrected chi connectivity index (χ2v) is 6.34. The van der Waals surface area contributed by atoms with Gasteiger partial charge in [0.2, 0.25) is 0 Å². The van der Waals surface area contributed by atoms with Crippen LogP contribution in [0.3, 0.4) is 0 Å². The van der Waals surface area contributed by atoms with Crippen molar-refractivity contribution in [3.63, 3.8) is 0 Å². The molecule has 0 radical (unpaired) electrons. The van der Waals surface area contributed by atoms with Gasteiger partial charge in [-0.2, -0.15) is 0 Å². The molecule has 1 aliphatic rings. The van der Waals surface area contributed by atoms with Crippen LogP contribution in [0.4, 0.5) is 0 Å². The summed E-state index contributed by atoms with van der Waals surface area (Å²) in [7, 11) is 0. The summed E-state index contributed by atoms with van der Waals surface area (Å²) in [4.78, 5) is 13.9. The summed E-state index contributed by atoms with van der Waals surface area (Å²) in [6.07, 6.45) is 0. The summed E-state index contributed by atoms with van der Waals surface area (Å²) in [6.45, 7) is 6.78. The number of morpholine rings is 1. The van der Waals surface area contributed by atoms with E-state index in [1.54, 1.807) is 0 Å². The molecule has 0 aliphatic carbocycles. The van der Waals surface area contributed by atoms with Gasteiger partial charge in [-0.05, 0) is 24.6 Å². The van der Waals surface area contributed by atoms with Crippen LogP contribution in [0.25, 0.3) is 0 Å². The molecule has 4 heteroatoms. The first-order chi connectivity index (χ1) is 11.7. The van der Waals surface area contributed by atoms with Gasteiger partial charge in [0.1, 0.15) is 19.6 Å². The van der Waals surface area contributed by atoms with Crippen LogP contribution in [0.15, 0.2) is 54.6 Å². The first-order valence-electron chi connectivity index (χ1n) is 8.58. The number of nitrogens with one attached hydrogen (secondary N) is 2. The summed E-state index contributed by atoms with van der Waals surface area (Å²) in [6, 6.07) is 18.0. The minimum absolute atomic E-state index is 0.00355. The summed E-state index contributed by atoms with van der Waals surface area (Å²) in [5.41, 5.74) is 3.08. The molecule has 1 fully saturated rings. The summed E-state index contributed by atoms with van der Waals surface area (Å²) >= 11 is 0. The zero-order chi connectivity index (χ0) is 16.8. The van der Waals surface area contributed by atoms with Gasteiger partial charge in [0.25, 0.3) is 5.91 Å². The van der Waals surface area contributed by atoms with Crippen LogP contribution in [0.2, 0.25) is 0 Å². The lowest BCUT2D eigenvalue weighted by Crippen LogP contribution is -3.12. The molecule has 0 spiro atoms. The van der Waals surface area contributed by atoms with Crippen LogP contribution < -0.4 is 10.2 Å². The highest BCUT2D eigenvalue weighted by Gasteiger charge is 2.15. The zero-order valence-electron chi connectivity index (χ0n) is 14.1. The maximum atomic E-state index is 12.4. The Morgan fingerprint density at radius 1 is 1.08 bits per heavy atom. The molecule has 2 aromatic carbocycles. The summed E-state index contributed by atoms with van der Waals surface area (Å²) < 4.78 is 5.39. The van der Waals surface area contributed by atoms with Crippen molar-refractivity contribution in [3.8, 4) is 0 Å². The van der Waals surface area contributed by atoms with Crippen molar-refractivity contribution in [2.45, 2.75) is 19.5 Å². The van der Waals surface area contributed by atoms with Gasteiger partial charge < -0.3 is 15.0 Å². The Labute approximate surface area is 143 Å². The fraction of sp³-hybridized carbons (Fsp3) is 0.350. The van der Waals surface area contributed by atoms with Crippen LogP contribution in [0.5, 0.6) is 0 Å². The Morgan fingerprint density at radius 2 is 1.75 bits per heavy atom. The normalized spacial score (nSPS) is 16.5. The molecule has 1 atom stereocenters. The summed E-state index contributed by atoms with van der Waals surface area (Å²) in [5.74, 6) is -0.0309. The molecule has 1 heterocycles. The largest absolute Gasteiger partial charge is 0.370 e. The van der Waals surface area contributed by atoms with Crippen LogP contribution in [0.1, 0.15) is 34.5 Å². The van der Waals surface area contributed by atoms with Gasteiger partial charge in [0, 0.05) is 11.1 Å². The summed E-state index contributed by atoms with van der Waals surface area (Å²) in [5, 5.41) is 3.05. The number of rotatable bonds is 5.